The van der Waals surface area contributed by atoms with Gasteiger partial charge in [0.05, 0.1) is 0 Å². The van der Waals surface area contributed by atoms with E-state index in [1.54, 1.807) is 0 Å². The van der Waals surface area contributed by atoms with Gasteiger partial charge in [-0.15, -0.1) is 0 Å². The summed E-state index contributed by atoms with van der Waals surface area (Å²) in [5.41, 5.74) is 1.28. The van der Waals surface area contributed by atoms with Crippen LogP contribution in [0.2, 0.25) is 0 Å². The summed E-state index contributed by atoms with van der Waals surface area (Å²) in [6.45, 7) is 2.30. The molecule has 86 valence electrons. The average Bonchev–Trinajstić information content (AvgIpc) is 2.66. The first-order valence-electron chi connectivity index (χ1n) is 5.31. The molecule has 0 bridgehead atoms. The van der Waals surface area contributed by atoms with Crippen molar-refractivity contribution in [3.8, 4) is 0 Å². The summed E-state index contributed by atoms with van der Waals surface area (Å²) in [6.07, 6.45) is 0.715. The lowest BCUT2D eigenvalue weighted by Crippen LogP contribution is -2.26. The fraction of sp³-hybridized carbons (Fsp3) is 0.417. The Hall–Kier alpha value is -0.870. The first-order chi connectivity index (χ1) is 7.65. The molecule has 1 aliphatic rings. The lowest BCUT2D eigenvalue weighted by Gasteiger charge is -2.10. The summed E-state index contributed by atoms with van der Waals surface area (Å²) in [7, 11) is 0. The minimum absolute atomic E-state index is 0.133. The molecule has 1 aliphatic heterocycles. The van der Waals surface area contributed by atoms with Crippen LogP contribution in [-0.2, 0) is 9.53 Å². The van der Waals surface area contributed by atoms with E-state index in [0.29, 0.717) is 5.92 Å². The van der Waals surface area contributed by atoms with Crippen LogP contribution in [0.5, 0.6) is 0 Å². The van der Waals surface area contributed by atoms with Crippen molar-refractivity contribution in [2.75, 3.05) is 6.54 Å². The van der Waals surface area contributed by atoms with E-state index < -0.39 is 0 Å². The van der Waals surface area contributed by atoms with Crippen molar-refractivity contribution in [3.63, 3.8) is 0 Å². The van der Waals surface area contributed by atoms with Crippen molar-refractivity contribution in [2.45, 2.75) is 25.5 Å². The molecule has 0 spiro atoms. The van der Waals surface area contributed by atoms with Crippen LogP contribution < -0.4 is 5.32 Å². The van der Waals surface area contributed by atoms with Crippen LogP contribution in [0.15, 0.2) is 28.7 Å². The number of hydrogen-bond acceptors (Lipinski definition) is 3. The van der Waals surface area contributed by atoms with Gasteiger partial charge in [-0.3, -0.25) is 10.1 Å². The first kappa shape index (κ1) is 11.6. The molecular weight excluding hydrogens is 270 g/mol. The van der Waals surface area contributed by atoms with Gasteiger partial charge in [0.15, 0.2) is 6.23 Å². The number of benzene rings is 1. The summed E-state index contributed by atoms with van der Waals surface area (Å²) in [4.78, 5) is 10.8. The highest BCUT2D eigenvalue weighted by Crippen LogP contribution is 2.27. The van der Waals surface area contributed by atoms with Gasteiger partial charge >= 0.3 is 5.97 Å². The zero-order valence-electron chi connectivity index (χ0n) is 9.07. The van der Waals surface area contributed by atoms with Gasteiger partial charge < -0.3 is 4.74 Å². The van der Waals surface area contributed by atoms with Gasteiger partial charge in [0.25, 0.3) is 0 Å². The van der Waals surface area contributed by atoms with Gasteiger partial charge in [-0.05, 0) is 17.7 Å². The maximum absolute atomic E-state index is 10.8. The Morgan fingerprint density at radius 1 is 1.44 bits per heavy atom. The van der Waals surface area contributed by atoms with E-state index >= 15 is 0 Å². The van der Waals surface area contributed by atoms with Gasteiger partial charge in [0, 0.05) is 30.3 Å². The maximum atomic E-state index is 10.8. The second kappa shape index (κ2) is 4.97. The Morgan fingerprint density at radius 3 is 2.75 bits per heavy atom. The van der Waals surface area contributed by atoms with Crippen LogP contribution in [0, 0.1) is 0 Å². The van der Waals surface area contributed by atoms with Crippen molar-refractivity contribution in [1.29, 1.82) is 0 Å². The molecule has 0 aromatic heterocycles. The van der Waals surface area contributed by atoms with E-state index in [9.17, 15) is 4.79 Å². The molecule has 0 radical (unpaired) electrons. The van der Waals surface area contributed by atoms with Crippen LogP contribution in [0.4, 0.5) is 0 Å². The third-order valence-electron chi connectivity index (χ3n) is 2.74. The molecule has 1 heterocycles. The molecule has 0 saturated carbocycles. The van der Waals surface area contributed by atoms with E-state index in [1.807, 2.05) is 12.1 Å². The highest BCUT2D eigenvalue weighted by Gasteiger charge is 2.26. The normalized spacial score (nSPS) is 24.4. The Kier molecular flexibility index (Phi) is 3.61. The van der Waals surface area contributed by atoms with Crippen molar-refractivity contribution < 1.29 is 9.53 Å². The molecule has 2 atom stereocenters. The number of ether oxygens (including phenoxy) is 1. The van der Waals surface area contributed by atoms with Gasteiger partial charge in [0.1, 0.15) is 0 Å². The van der Waals surface area contributed by atoms with Gasteiger partial charge in [0.2, 0.25) is 0 Å². The molecule has 0 aliphatic carbocycles. The van der Waals surface area contributed by atoms with Gasteiger partial charge in [-0.25, -0.2) is 0 Å². The monoisotopic (exact) mass is 283 g/mol. The summed E-state index contributed by atoms with van der Waals surface area (Å²) < 4.78 is 6.21. The Labute approximate surface area is 103 Å². The van der Waals surface area contributed by atoms with E-state index in [2.05, 4.69) is 33.4 Å². The number of carbonyl (C=O) groups excluding carboxylic acids is 1. The SMILES string of the molecule is CC(=O)OC1CC(c2ccc(Br)cc2)CN1. The molecule has 4 heteroatoms. The third-order valence-corrected chi connectivity index (χ3v) is 3.27. The Bertz CT molecular complexity index is 377. The second-order valence-corrected chi connectivity index (χ2v) is 4.91. The molecule has 1 aromatic rings. The number of rotatable bonds is 2. The van der Waals surface area contributed by atoms with Crippen LogP contribution in [0.3, 0.4) is 0 Å². The van der Waals surface area contributed by atoms with E-state index in [0.717, 1.165) is 17.4 Å². The predicted octanol–water partition coefficient (Wildman–Crippen LogP) is 2.42. The predicted molar refractivity (Wildman–Crippen MR) is 65.1 cm³/mol. The molecule has 1 N–H and O–H groups in total. The van der Waals surface area contributed by atoms with Crippen molar-refractivity contribution in [1.82, 2.24) is 5.32 Å². The van der Waals surface area contributed by atoms with E-state index in [1.165, 1.54) is 12.5 Å². The lowest BCUT2D eigenvalue weighted by molar-refractivity contribution is -0.147. The zero-order valence-corrected chi connectivity index (χ0v) is 10.7. The number of esters is 1. The molecular formula is C12H14BrNO2. The Balaban J connectivity index is 1.98. The standard InChI is InChI=1S/C12H14BrNO2/c1-8(15)16-12-6-10(7-14-12)9-2-4-11(13)5-3-9/h2-5,10,12,14H,6-7H2,1H3. The Morgan fingerprint density at radius 2 is 2.12 bits per heavy atom. The van der Waals surface area contributed by atoms with Crippen LogP contribution >= 0.6 is 15.9 Å². The highest BCUT2D eigenvalue weighted by molar-refractivity contribution is 9.10. The summed E-state index contributed by atoms with van der Waals surface area (Å²) in [6, 6.07) is 8.28. The summed E-state index contributed by atoms with van der Waals surface area (Å²) in [5, 5.41) is 3.20. The number of carbonyl (C=O) groups is 1. The smallest absolute Gasteiger partial charge is 0.304 e. The molecule has 2 unspecified atom stereocenters. The fourth-order valence-corrected chi connectivity index (χ4v) is 2.24. The van der Waals surface area contributed by atoms with E-state index in [-0.39, 0.29) is 12.2 Å². The molecule has 16 heavy (non-hydrogen) atoms. The second-order valence-electron chi connectivity index (χ2n) is 3.99. The van der Waals surface area contributed by atoms with E-state index in [4.69, 9.17) is 4.74 Å². The third kappa shape index (κ3) is 2.83. The van der Waals surface area contributed by atoms with Crippen LogP contribution in [0.25, 0.3) is 0 Å². The minimum atomic E-state index is -0.228. The topological polar surface area (TPSA) is 38.3 Å². The lowest BCUT2D eigenvalue weighted by atomic mass is 9.98. The largest absolute Gasteiger partial charge is 0.447 e. The number of nitrogens with one attached hydrogen (secondary N) is 1. The fourth-order valence-electron chi connectivity index (χ4n) is 1.98. The highest BCUT2D eigenvalue weighted by atomic mass is 79.9. The van der Waals surface area contributed by atoms with Crippen molar-refractivity contribution in [2.24, 2.45) is 0 Å². The quantitative estimate of drug-likeness (QED) is 0.848. The molecule has 2 rings (SSSR count). The van der Waals surface area contributed by atoms with Gasteiger partial charge in [-0.2, -0.15) is 0 Å². The maximum Gasteiger partial charge on any atom is 0.304 e. The zero-order chi connectivity index (χ0) is 11.5. The van der Waals surface area contributed by atoms with Crippen LogP contribution in [-0.4, -0.2) is 18.7 Å². The molecule has 1 saturated heterocycles. The summed E-state index contributed by atoms with van der Waals surface area (Å²) in [5.74, 6) is 0.200. The summed E-state index contributed by atoms with van der Waals surface area (Å²) >= 11 is 3.41. The van der Waals surface area contributed by atoms with Crippen LogP contribution in [0.1, 0.15) is 24.8 Å². The minimum Gasteiger partial charge on any atom is -0.447 e. The first-order valence-corrected chi connectivity index (χ1v) is 6.10. The number of hydrogen-bond donors (Lipinski definition) is 1. The van der Waals surface area contributed by atoms with Crippen molar-refractivity contribution >= 4 is 21.9 Å². The van der Waals surface area contributed by atoms with Crippen molar-refractivity contribution in [3.05, 3.63) is 34.3 Å². The molecule has 0 amide bonds. The molecule has 1 fully saturated rings. The van der Waals surface area contributed by atoms with Gasteiger partial charge in [-0.1, -0.05) is 28.1 Å². The molecule has 1 aromatic carbocycles. The number of halogens is 1. The molecule has 3 nitrogen and oxygen atoms in total. The average molecular weight is 284 g/mol.